The fourth-order valence-electron chi connectivity index (χ4n) is 1.71. The van der Waals surface area contributed by atoms with Gasteiger partial charge in [-0.15, -0.1) is 0 Å². The molecule has 20 heavy (non-hydrogen) atoms. The van der Waals surface area contributed by atoms with Gasteiger partial charge in [0.2, 0.25) is 0 Å². The Morgan fingerprint density at radius 1 is 1.45 bits per heavy atom. The fraction of sp³-hybridized carbons (Fsp3) is 0.500. The molecule has 110 valence electrons. The molecule has 1 heterocycles. The minimum absolute atomic E-state index is 0.0451. The van der Waals surface area contributed by atoms with E-state index >= 15 is 0 Å². The lowest BCUT2D eigenvalue weighted by atomic mass is 10.0. The zero-order valence-electron chi connectivity index (χ0n) is 11.9. The van der Waals surface area contributed by atoms with E-state index in [0.717, 1.165) is 0 Å². The fourth-order valence-corrected chi connectivity index (χ4v) is 1.71. The van der Waals surface area contributed by atoms with Crippen molar-refractivity contribution in [2.45, 2.75) is 33.2 Å². The van der Waals surface area contributed by atoms with Crippen LogP contribution in [-0.4, -0.2) is 34.7 Å². The number of nitrogens with one attached hydrogen (secondary N) is 1. The Hall–Kier alpha value is -2.11. The molecule has 0 radical (unpaired) electrons. The van der Waals surface area contributed by atoms with Gasteiger partial charge in [-0.2, -0.15) is 0 Å². The van der Waals surface area contributed by atoms with Gasteiger partial charge in [-0.25, -0.2) is 9.78 Å². The highest BCUT2D eigenvalue weighted by molar-refractivity contribution is 5.94. The number of carboxylic acid groups (broad SMARTS) is 1. The zero-order chi connectivity index (χ0) is 15.1. The molecule has 0 aliphatic carbocycles. The maximum absolute atomic E-state index is 11.8. The summed E-state index contributed by atoms with van der Waals surface area (Å²) in [5.74, 6) is -0.931. The van der Waals surface area contributed by atoms with Crippen molar-refractivity contribution >= 4 is 17.8 Å². The lowest BCUT2D eigenvalue weighted by molar-refractivity contribution is -0.137. The Morgan fingerprint density at radius 2 is 2.15 bits per heavy atom. The first-order valence-electron chi connectivity index (χ1n) is 6.56. The number of anilines is 1. The van der Waals surface area contributed by atoms with Gasteiger partial charge < -0.3 is 15.2 Å². The van der Waals surface area contributed by atoms with Crippen LogP contribution in [0.5, 0.6) is 0 Å². The average molecular weight is 280 g/mol. The van der Waals surface area contributed by atoms with E-state index in [1.165, 1.54) is 0 Å². The van der Waals surface area contributed by atoms with E-state index in [1.54, 1.807) is 25.3 Å². The predicted octanol–water partition coefficient (Wildman–Crippen LogP) is 2.17. The number of carboxylic acids is 1. The van der Waals surface area contributed by atoms with Crippen LogP contribution in [0.1, 0.15) is 37.6 Å². The molecular weight excluding hydrogens is 260 g/mol. The number of hydrogen-bond donors (Lipinski definition) is 2. The smallest absolute Gasteiger partial charge is 0.341 e. The second kappa shape index (κ2) is 7.47. The molecule has 1 unspecified atom stereocenters. The maximum atomic E-state index is 11.8. The van der Waals surface area contributed by atoms with Gasteiger partial charge in [0, 0.05) is 12.2 Å². The molecule has 0 saturated heterocycles. The van der Waals surface area contributed by atoms with Crippen molar-refractivity contribution in [1.29, 1.82) is 0 Å². The number of carbonyl (C=O) groups excluding carboxylic acids is 1. The molecule has 0 aliphatic heterocycles. The molecule has 1 aromatic heterocycles. The highest BCUT2D eigenvalue weighted by Crippen LogP contribution is 2.18. The number of aliphatic carboxylic acids is 1. The summed E-state index contributed by atoms with van der Waals surface area (Å²) >= 11 is 0. The lowest BCUT2D eigenvalue weighted by Crippen LogP contribution is -2.30. The Balaban J connectivity index is 2.95. The van der Waals surface area contributed by atoms with Crippen LogP contribution >= 0.6 is 0 Å². The SMILES string of the molecule is CCOC(=O)c1cccnc1NC(CC(=O)O)C(C)C. The molecule has 2 N–H and O–H groups in total. The van der Waals surface area contributed by atoms with Crippen LogP contribution in [0.4, 0.5) is 5.82 Å². The quantitative estimate of drug-likeness (QED) is 0.744. The van der Waals surface area contributed by atoms with Crippen molar-refractivity contribution < 1.29 is 19.4 Å². The van der Waals surface area contributed by atoms with Crippen LogP contribution in [0.25, 0.3) is 0 Å². The van der Waals surface area contributed by atoms with Crippen molar-refractivity contribution in [2.24, 2.45) is 5.92 Å². The van der Waals surface area contributed by atoms with E-state index in [0.29, 0.717) is 11.4 Å². The zero-order valence-corrected chi connectivity index (χ0v) is 11.9. The standard InChI is InChI=1S/C14H20N2O4/c1-4-20-14(19)10-6-5-7-15-13(10)16-11(9(2)3)8-12(17)18/h5-7,9,11H,4,8H2,1-3H3,(H,15,16)(H,17,18). The van der Waals surface area contributed by atoms with Crippen molar-refractivity contribution in [3.05, 3.63) is 23.9 Å². The normalized spacial score (nSPS) is 12.0. The monoisotopic (exact) mass is 280 g/mol. The highest BCUT2D eigenvalue weighted by Gasteiger charge is 2.21. The largest absolute Gasteiger partial charge is 0.481 e. The van der Waals surface area contributed by atoms with Crippen molar-refractivity contribution in [2.75, 3.05) is 11.9 Å². The second-order valence-electron chi connectivity index (χ2n) is 4.71. The van der Waals surface area contributed by atoms with Crippen LogP contribution in [0.3, 0.4) is 0 Å². The van der Waals surface area contributed by atoms with E-state index in [-0.39, 0.29) is 25.0 Å². The van der Waals surface area contributed by atoms with Crippen molar-refractivity contribution in [3.63, 3.8) is 0 Å². The van der Waals surface area contributed by atoms with Crippen LogP contribution in [0.15, 0.2) is 18.3 Å². The Bertz CT molecular complexity index is 474. The molecule has 0 saturated carbocycles. The van der Waals surface area contributed by atoms with E-state index in [9.17, 15) is 9.59 Å². The van der Waals surface area contributed by atoms with E-state index in [1.807, 2.05) is 13.8 Å². The number of pyridine rings is 1. The Kier molecular flexibility index (Phi) is 5.96. The number of nitrogens with zero attached hydrogens (tertiary/aromatic N) is 1. The molecule has 0 spiro atoms. The van der Waals surface area contributed by atoms with Gasteiger partial charge in [0.25, 0.3) is 0 Å². The summed E-state index contributed by atoms with van der Waals surface area (Å²) in [5.41, 5.74) is 0.311. The Labute approximate surface area is 118 Å². The number of carbonyl (C=O) groups is 2. The summed E-state index contributed by atoms with van der Waals surface area (Å²) < 4.78 is 4.96. The minimum atomic E-state index is -0.898. The molecule has 0 fully saturated rings. The van der Waals surface area contributed by atoms with Gasteiger partial charge >= 0.3 is 11.9 Å². The third kappa shape index (κ3) is 4.53. The molecule has 0 aliphatic rings. The summed E-state index contributed by atoms with van der Waals surface area (Å²) in [6, 6.07) is 2.93. The van der Waals surface area contributed by atoms with Crippen molar-refractivity contribution in [1.82, 2.24) is 4.98 Å². The maximum Gasteiger partial charge on any atom is 0.341 e. The number of hydrogen-bond acceptors (Lipinski definition) is 5. The Morgan fingerprint density at radius 3 is 2.70 bits per heavy atom. The minimum Gasteiger partial charge on any atom is -0.481 e. The molecular formula is C14H20N2O4. The summed E-state index contributed by atoms with van der Waals surface area (Å²) in [4.78, 5) is 26.8. The molecule has 1 atom stereocenters. The molecule has 0 amide bonds. The topological polar surface area (TPSA) is 88.5 Å². The van der Waals surface area contributed by atoms with Gasteiger partial charge in [-0.3, -0.25) is 4.79 Å². The number of aromatic nitrogens is 1. The summed E-state index contributed by atoms with van der Waals surface area (Å²) in [5, 5.41) is 11.9. The summed E-state index contributed by atoms with van der Waals surface area (Å²) in [6.45, 7) is 5.82. The van der Waals surface area contributed by atoms with Crippen LogP contribution in [0.2, 0.25) is 0 Å². The van der Waals surface area contributed by atoms with Crippen LogP contribution < -0.4 is 5.32 Å². The molecule has 1 aromatic rings. The number of rotatable bonds is 7. The van der Waals surface area contributed by atoms with Gasteiger partial charge in [-0.1, -0.05) is 13.8 Å². The van der Waals surface area contributed by atoms with Gasteiger partial charge in [0.15, 0.2) is 0 Å². The molecule has 1 rings (SSSR count). The number of ether oxygens (including phenoxy) is 1. The second-order valence-corrected chi connectivity index (χ2v) is 4.71. The third-order valence-electron chi connectivity index (χ3n) is 2.82. The average Bonchev–Trinajstić information content (AvgIpc) is 2.38. The highest BCUT2D eigenvalue weighted by atomic mass is 16.5. The van der Waals surface area contributed by atoms with E-state index in [4.69, 9.17) is 9.84 Å². The molecule has 6 heteroatoms. The first-order chi connectivity index (χ1) is 9.45. The summed E-state index contributed by atoms with van der Waals surface area (Å²) in [6.07, 6.45) is 1.50. The van der Waals surface area contributed by atoms with Gasteiger partial charge in [0.05, 0.1) is 13.0 Å². The first-order valence-corrected chi connectivity index (χ1v) is 6.56. The van der Waals surface area contributed by atoms with Crippen molar-refractivity contribution in [3.8, 4) is 0 Å². The number of esters is 1. The van der Waals surface area contributed by atoms with E-state index < -0.39 is 11.9 Å². The van der Waals surface area contributed by atoms with Crippen LogP contribution in [0, 0.1) is 5.92 Å². The molecule has 0 aromatic carbocycles. The van der Waals surface area contributed by atoms with Crippen LogP contribution in [-0.2, 0) is 9.53 Å². The molecule has 0 bridgehead atoms. The lowest BCUT2D eigenvalue weighted by Gasteiger charge is -2.22. The van der Waals surface area contributed by atoms with E-state index in [2.05, 4.69) is 10.3 Å². The molecule has 6 nitrogen and oxygen atoms in total. The third-order valence-corrected chi connectivity index (χ3v) is 2.82. The summed E-state index contributed by atoms with van der Waals surface area (Å²) in [7, 11) is 0. The van der Waals surface area contributed by atoms with Gasteiger partial charge in [-0.05, 0) is 25.0 Å². The first kappa shape index (κ1) is 15.9. The van der Waals surface area contributed by atoms with Gasteiger partial charge in [0.1, 0.15) is 11.4 Å². The predicted molar refractivity (Wildman–Crippen MR) is 74.7 cm³/mol.